The molecule has 0 atom stereocenters. The van der Waals surface area contributed by atoms with Gasteiger partial charge in [-0.05, 0) is 36.8 Å². The van der Waals surface area contributed by atoms with Crippen LogP contribution in [0.3, 0.4) is 0 Å². The van der Waals surface area contributed by atoms with E-state index in [1.165, 1.54) is 16.7 Å². The number of allylic oxidation sites excluding steroid dienone is 1. The number of hydrogen-bond donors (Lipinski definition) is 0. The summed E-state index contributed by atoms with van der Waals surface area (Å²) < 4.78 is 61.6. The van der Waals surface area contributed by atoms with E-state index in [0.717, 1.165) is 24.3 Å². The molecular formula is C23H19F4NO2. The number of halogens is 4. The van der Waals surface area contributed by atoms with Gasteiger partial charge in [0.25, 0.3) is 5.56 Å². The minimum Gasteiger partial charge on any atom is -0.488 e. The van der Waals surface area contributed by atoms with E-state index in [1.807, 2.05) is 0 Å². The zero-order valence-corrected chi connectivity index (χ0v) is 16.2. The summed E-state index contributed by atoms with van der Waals surface area (Å²) in [5.41, 5.74) is 0.491. The van der Waals surface area contributed by atoms with Gasteiger partial charge in [0.05, 0.1) is 5.56 Å². The molecule has 7 heteroatoms. The van der Waals surface area contributed by atoms with Gasteiger partial charge in [-0.1, -0.05) is 12.1 Å². The summed E-state index contributed by atoms with van der Waals surface area (Å²) in [6.07, 6.45) is 1.40. The van der Waals surface area contributed by atoms with Crippen LogP contribution in [0.15, 0.2) is 59.9 Å². The van der Waals surface area contributed by atoms with Crippen LogP contribution < -0.4 is 10.3 Å². The Bertz CT molecular complexity index is 1150. The summed E-state index contributed by atoms with van der Waals surface area (Å²) in [6.45, 7) is 5.30. The molecule has 3 nitrogen and oxygen atoms in total. The zero-order valence-electron chi connectivity index (χ0n) is 16.2. The third-order valence-corrected chi connectivity index (χ3v) is 4.66. The molecule has 30 heavy (non-hydrogen) atoms. The van der Waals surface area contributed by atoms with Crippen molar-refractivity contribution >= 4 is 0 Å². The fourth-order valence-corrected chi connectivity index (χ4v) is 3.08. The molecule has 0 aliphatic rings. The molecule has 0 radical (unpaired) electrons. The van der Waals surface area contributed by atoms with Crippen molar-refractivity contribution in [2.75, 3.05) is 0 Å². The molecule has 0 amide bonds. The van der Waals surface area contributed by atoms with Crippen molar-refractivity contribution in [3.63, 3.8) is 0 Å². The third-order valence-electron chi connectivity index (χ3n) is 4.66. The number of rotatable bonds is 7. The van der Waals surface area contributed by atoms with Crippen molar-refractivity contribution < 1.29 is 22.3 Å². The second kappa shape index (κ2) is 8.98. The van der Waals surface area contributed by atoms with Crippen LogP contribution in [-0.4, -0.2) is 4.57 Å². The van der Waals surface area contributed by atoms with E-state index in [-0.39, 0.29) is 42.0 Å². The van der Waals surface area contributed by atoms with Crippen LogP contribution in [0.2, 0.25) is 0 Å². The molecule has 2 aromatic carbocycles. The minimum absolute atomic E-state index is 0.100. The van der Waals surface area contributed by atoms with Crippen LogP contribution in [0.5, 0.6) is 5.75 Å². The Morgan fingerprint density at radius 3 is 2.13 bits per heavy atom. The SMILES string of the molecule is C=CCn1c(C)cc(OCc2ccc(F)cc2F)c(Cc2ccc(F)cc2F)c1=O. The molecule has 0 N–H and O–H groups in total. The number of pyridine rings is 1. The predicted molar refractivity (Wildman–Crippen MR) is 105 cm³/mol. The van der Waals surface area contributed by atoms with Crippen molar-refractivity contribution in [2.45, 2.75) is 26.5 Å². The van der Waals surface area contributed by atoms with Crippen LogP contribution in [0.25, 0.3) is 0 Å². The molecule has 0 bridgehead atoms. The maximum atomic E-state index is 14.2. The maximum Gasteiger partial charge on any atom is 0.258 e. The highest BCUT2D eigenvalue weighted by Crippen LogP contribution is 2.24. The van der Waals surface area contributed by atoms with Crippen LogP contribution in [0.4, 0.5) is 17.6 Å². The molecule has 0 spiro atoms. The lowest BCUT2D eigenvalue weighted by atomic mass is 10.0. The lowest BCUT2D eigenvalue weighted by Crippen LogP contribution is -2.26. The average molecular weight is 417 g/mol. The molecule has 0 fully saturated rings. The van der Waals surface area contributed by atoms with Gasteiger partial charge in [0.15, 0.2) is 0 Å². The first-order chi connectivity index (χ1) is 14.3. The minimum atomic E-state index is -0.791. The second-order valence-corrected chi connectivity index (χ2v) is 6.77. The topological polar surface area (TPSA) is 31.2 Å². The first-order valence-electron chi connectivity index (χ1n) is 9.15. The van der Waals surface area contributed by atoms with Crippen LogP contribution in [0, 0.1) is 30.2 Å². The van der Waals surface area contributed by atoms with Crippen LogP contribution in [0.1, 0.15) is 22.4 Å². The number of benzene rings is 2. The fraction of sp³-hybridized carbons (Fsp3) is 0.174. The van der Waals surface area contributed by atoms with E-state index >= 15 is 0 Å². The molecule has 0 saturated heterocycles. The summed E-state index contributed by atoms with van der Waals surface area (Å²) >= 11 is 0. The largest absolute Gasteiger partial charge is 0.488 e. The molecule has 0 aliphatic heterocycles. The summed E-state index contributed by atoms with van der Waals surface area (Å²) in [7, 11) is 0. The molecule has 0 aliphatic carbocycles. The van der Waals surface area contributed by atoms with Crippen molar-refractivity contribution in [3.05, 3.63) is 111 Å². The number of aromatic nitrogens is 1. The Labute approximate surface area is 170 Å². The van der Waals surface area contributed by atoms with Crippen molar-refractivity contribution in [3.8, 4) is 5.75 Å². The highest BCUT2D eigenvalue weighted by atomic mass is 19.1. The summed E-state index contributed by atoms with van der Waals surface area (Å²) in [6, 6.07) is 7.76. The Hall–Kier alpha value is -3.35. The molecule has 3 rings (SSSR count). The Morgan fingerprint density at radius 2 is 1.57 bits per heavy atom. The lowest BCUT2D eigenvalue weighted by Gasteiger charge is -2.17. The van der Waals surface area contributed by atoms with Gasteiger partial charge in [-0.2, -0.15) is 0 Å². The quantitative estimate of drug-likeness (QED) is 0.397. The van der Waals surface area contributed by atoms with E-state index in [1.54, 1.807) is 19.1 Å². The highest BCUT2D eigenvalue weighted by molar-refractivity contribution is 5.38. The van der Waals surface area contributed by atoms with Crippen LogP contribution in [-0.2, 0) is 19.6 Å². The summed E-state index contributed by atoms with van der Waals surface area (Å²) in [4.78, 5) is 13.0. The van der Waals surface area contributed by atoms with Crippen LogP contribution >= 0.6 is 0 Å². The Morgan fingerprint density at radius 1 is 0.967 bits per heavy atom. The third kappa shape index (κ3) is 4.62. The van der Waals surface area contributed by atoms with Gasteiger partial charge in [-0.3, -0.25) is 4.79 Å². The van der Waals surface area contributed by atoms with E-state index in [9.17, 15) is 22.4 Å². The van der Waals surface area contributed by atoms with Gasteiger partial charge in [-0.25, -0.2) is 17.6 Å². The molecule has 0 unspecified atom stereocenters. The molecule has 156 valence electrons. The predicted octanol–water partition coefficient (Wildman–Crippen LogP) is 5.07. The van der Waals surface area contributed by atoms with Gasteiger partial charge >= 0.3 is 0 Å². The zero-order chi connectivity index (χ0) is 21.8. The molecule has 0 saturated carbocycles. The van der Waals surface area contributed by atoms with E-state index < -0.39 is 28.8 Å². The number of ether oxygens (including phenoxy) is 1. The average Bonchev–Trinajstić information content (AvgIpc) is 2.68. The molecule has 1 aromatic heterocycles. The first kappa shape index (κ1) is 21.4. The smallest absolute Gasteiger partial charge is 0.258 e. The number of aryl methyl sites for hydroxylation is 1. The first-order valence-corrected chi connectivity index (χ1v) is 9.15. The fourth-order valence-electron chi connectivity index (χ4n) is 3.08. The van der Waals surface area contributed by atoms with Gasteiger partial charge in [-0.15, -0.1) is 6.58 Å². The van der Waals surface area contributed by atoms with E-state index in [0.29, 0.717) is 5.69 Å². The number of nitrogens with zero attached hydrogens (tertiary/aromatic N) is 1. The maximum absolute atomic E-state index is 14.2. The number of hydrogen-bond acceptors (Lipinski definition) is 2. The van der Waals surface area contributed by atoms with Gasteiger partial charge in [0.1, 0.15) is 35.6 Å². The van der Waals surface area contributed by atoms with Crippen molar-refractivity contribution in [1.29, 1.82) is 0 Å². The van der Waals surface area contributed by atoms with E-state index in [4.69, 9.17) is 4.74 Å². The van der Waals surface area contributed by atoms with Gasteiger partial charge in [0.2, 0.25) is 0 Å². The molecule has 1 heterocycles. The van der Waals surface area contributed by atoms with Gasteiger partial charge in [0, 0.05) is 36.4 Å². The van der Waals surface area contributed by atoms with Crippen molar-refractivity contribution in [1.82, 2.24) is 4.57 Å². The standard InChI is InChI=1S/C23H19F4NO2/c1-3-8-28-14(2)9-22(30-13-16-5-7-18(25)12-21(16)27)19(23(28)29)10-15-4-6-17(24)11-20(15)26/h3-7,9,11-12H,1,8,10,13H2,2H3. The summed E-state index contributed by atoms with van der Waals surface area (Å²) in [5.74, 6) is -2.87. The second-order valence-electron chi connectivity index (χ2n) is 6.77. The monoisotopic (exact) mass is 417 g/mol. The molecule has 3 aromatic rings. The normalized spacial score (nSPS) is 10.8. The molecular weight excluding hydrogens is 398 g/mol. The summed E-state index contributed by atoms with van der Waals surface area (Å²) in [5, 5.41) is 0. The highest BCUT2D eigenvalue weighted by Gasteiger charge is 2.17. The van der Waals surface area contributed by atoms with Gasteiger partial charge < -0.3 is 9.30 Å². The van der Waals surface area contributed by atoms with Crippen molar-refractivity contribution in [2.24, 2.45) is 0 Å². The van der Waals surface area contributed by atoms with E-state index in [2.05, 4.69) is 6.58 Å². The lowest BCUT2D eigenvalue weighted by molar-refractivity contribution is 0.295. The Balaban J connectivity index is 2.02. The Kier molecular flexibility index (Phi) is 6.40.